The first kappa shape index (κ1) is 29.3. The van der Waals surface area contributed by atoms with Crippen LogP contribution in [-0.2, 0) is 11.0 Å². The third kappa shape index (κ3) is 6.13. The van der Waals surface area contributed by atoms with Crippen LogP contribution in [0.4, 0.5) is 24.8 Å². The van der Waals surface area contributed by atoms with Gasteiger partial charge in [-0.3, -0.25) is 14.5 Å². The second-order valence-corrected chi connectivity index (χ2v) is 11.2. The van der Waals surface area contributed by atoms with Gasteiger partial charge in [-0.05, 0) is 56.1 Å². The van der Waals surface area contributed by atoms with Crippen molar-refractivity contribution < 1.29 is 22.8 Å². The van der Waals surface area contributed by atoms with Crippen LogP contribution in [0.5, 0.6) is 0 Å². The van der Waals surface area contributed by atoms with Crippen molar-refractivity contribution in [2.45, 2.75) is 37.5 Å². The van der Waals surface area contributed by atoms with Gasteiger partial charge in [-0.25, -0.2) is 15.0 Å². The fourth-order valence-electron chi connectivity index (χ4n) is 5.53. The van der Waals surface area contributed by atoms with E-state index in [-0.39, 0.29) is 23.3 Å². The third-order valence-corrected chi connectivity index (χ3v) is 8.12. The number of aromatic nitrogens is 4. The van der Waals surface area contributed by atoms with E-state index in [0.29, 0.717) is 36.0 Å². The second kappa shape index (κ2) is 11.7. The Balaban J connectivity index is 1.19. The molecule has 1 unspecified atom stereocenters. The van der Waals surface area contributed by atoms with E-state index in [9.17, 15) is 22.8 Å². The number of likely N-dealkylation sites (tertiary alicyclic amines) is 1. The zero-order valence-electron chi connectivity index (χ0n) is 24.0. The summed E-state index contributed by atoms with van der Waals surface area (Å²) in [6, 6.07) is 8.84. The Morgan fingerprint density at radius 3 is 2.61 bits per heavy atom. The number of fused-ring (bicyclic) bond motifs is 1. The fraction of sp³-hybridized carbons (Fsp3) is 0.323. The molecule has 4 heterocycles. The second-order valence-electron chi connectivity index (χ2n) is 11.2. The van der Waals surface area contributed by atoms with Crippen LogP contribution in [-0.4, -0.2) is 73.9 Å². The van der Waals surface area contributed by atoms with Gasteiger partial charge in [-0.2, -0.15) is 13.2 Å². The molecule has 13 heteroatoms. The van der Waals surface area contributed by atoms with Crippen molar-refractivity contribution in [2.75, 3.05) is 37.7 Å². The molecule has 10 nitrogen and oxygen atoms in total. The number of hydrogen-bond acceptors (Lipinski definition) is 7. The lowest BCUT2D eigenvalue weighted by atomic mass is 10.0. The molecule has 1 atom stereocenters. The number of benzene rings is 1. The van der Waals surface area contributed by atoms with E-state index >= 15 is 0 Å². The summed E-state index contributed by atoms with van der Waals surface area (Å²) in [6.45, 7) is 1.89. The molecule has 0 bridgehead atoms. The van der Waals surface area contributed by atoms with Gasteiger partial charge in [-0.15, -0.1) is 0 Å². The van der Waals surface area contributed by atoms with Gasteiger partial charge in [0, 0.05) is 55.3 Å². The first-order valence-electron chi connectivity index (χ1n) is 14.3. The number of rotatable bonds is 8. The highest BCUT2D eigenvalue weighted by Crippen LogP contribution is 2.36. The molecule has 0 radical (unpaired) electrons. The lowest BCUT2D eigenvalue weighted by molar-refractivity contribution is -0.137. The number of likely N-dealkylation sites (N-methyl/N-ethyl adjacent to an activating group) is 1. The van der Waals surface area contributed by atoms with Crippen LogP contribution in [0.25, 0.3) is 22.2 Å². The maximum Gasteiger partial charge on any atom is 0.416 e. The molecule has 1 aliphatic heterocycles. The molecule has 1 saturated heterocycles. The normalized spacial score (nSPS) is 17.2. The Morgan fingerprint density at radius 1 is 1.11 bits per heavy atom. The zero-order valence-corrected chi connectivity index (χ0v) is 24.0. The van der Waals surface area contributed by atoms with E-state index in [1.165, 1.54) is 19.2 Å². The monoisotopic (exact) mass is 604 g/mol. The Morgan fingerprint density at radius 2 is 1.89 bits per heavy atom. The lowest BCUT2D eigenvalue weighted by Gasteiger charge is -2.16. The molecule has 3 aromatic heterocycles. The number of nitrogens with two attached hydrogens (primary N) is 1. The number of anilines is 2. The van der Waals surface area contributed by atoms with Crippen molar-refractivity contribution in [1.29, 1.82) is 0 Å². The maximum absolute atomic E-state index is 13.0. The summed E-state index contributed by atoms with van der Waals surface area (Å²) in [5.41, 5.74) is 7.79. The number of nitrogens with one attached hydrogen (secondary N) is 1. The summed E-state index contributed by atoms with van der Waals surface area (Å²) in [5.74, 6) is -0.517. The molecule has 1 saturated carbocycles. The van der Waals surface area contributed by atoms with Crippen LogP contribution in [0.1, 0.15) is 41.2 Å². The fourth-order valence-corrected chi connectivity index (χ4v) is 5.53. The molecule has 1 aliphatic carbocycles. The van der Waals surface area contributed by atoms with Gasteiger partial charge in [0.05, 0.1) is 17.0 Å². The van der Waals surface area contributed by atoms with Gasteiger partial charge in [-0.1, -0.05) is 18.2 Å². The van der Waals surface area contributed by atoms with Crippen molar-refractivity contribution in [2.24, 2.45) is 0 Å². The topological polar surface area (TPSA) is 122 Å². The highest BCUT2D eigenvalue weighted by atomic mass is 19.4. The predicted molar refractivity (Wildman–Crippen MR) is 160 cm³/mol. The largest absolute Gasteiger partial charge is 0.416 e. The van der Waals surface area contributed by atoms with Gasteiger partial charge in [0.1, 0.15) is 23.6 Å². The number of hydrogen-bond donors (Lipinski definition) is 2. The number of pyridine rings is 1. The van der Waals surface area contributed by atoms with Crippen LogP contribution in [0.2, 0.25) is 0 Å². The molecule has 228 valence electrons. The van der Waals surface area contributed by atoms with E-state index < -0.39 is 17.6 Å². The van der Waals surface area contributed by atoms with Gasteiger partial charge in [0.15, 0.2) is 0 Å². The number of nitrogens with zero attached hydrogens (tertiary/aromatic N) is 6. The smallest absolute Gasteiger partial charge is 0.383 e. The first-order chi connectivity index (χ1) is 21.1. The van der Waals surface area contributed by atoms with Crippen molar-refractivity contribution in [3.63, 3.8) is 0 Å². The number of carbonyl (C=O) groups is 2. The van der Waals surface area contributed by atoms with E-state index in [4.69, 9.17) is 5.73 Å². The van der Waals surface area contributed by atoms with Crippen molar-refractivity contribution >= 4 is 34.5 Å². The number of halogens is 3. The number of amides is 2. The molecule has 2 aliphatic rings. The first-order valence-corrected chi connectivity index (χ1v) is 14.3. The Kier molecular flexibility index (Phi) is 7.80. The van der Waals surface area contributed by atoms with E-state index in [1.807, 2.05) is 21.7 Å². The average molecular weight is 605 g/mol. The molecule has 44 heavy (non-hydrogen) atoms. The van der Waals surface area contributed by atoms with Crippen LogP contribution in [0.3, 0.4) is 0 Å². The van der Waals surface area contributed by atoms with Crippen LogP contribution >= 0.6 is 0 Å². The molecule has 2 amide bonds. The van der Waals surface area contributed by atoms with Crippen LogP contribution in [0, 0.1) is 0 Å². The average Bonchev–Trinajstić information content (AvgIpc) is 3.61. The maximum atomic E-state index is 13.0. The summed E-state index contributed by atoms with van der Waals surface area (Å²) in [7, 11) is 2.07. The van der Waals surface area contributed by atoms with Crippen LogP contribution < -0.4 is 11.1 Å². The molecule has 1 aromatic carbocycles. The molecule has 4 aromatic rings. The van der Waals surface area contributed by atoms with Crippen molar-refractivity contribution in [3.05, 3.63) is 78.4 Å². The van der Waals surface area contributed by atoms with Gasteiger partial charge in [0.2, 0.25) is 5.91 Å². The zero-order chi connectivity index (χ0) is 31.0. The molecule has 6 rings (SSSR count). The molecule has 0 spiro atoms. The number of carbonyl (C=O) groups excluding carboxylic acids is 2. The predicted octanol–water partition coefficient (Wildman–Crippen LogP) is 4.77. The minimum absolute atomic E-state index is 0.0166. The van der Waals surface area contributed by atoms with Crippen LogP contribution in [0.15, 0.2) is 67.3 Å². The standard InChI is InChI=1S/C31H31F3N8O2/c1-40(22-8-9-22)13-2-3-26(43)41-14-11-23(16-41)42-17-24(27-28(35)37-18-38-29(27)42)19-4-6-20(7-5-19)30(44)39-25-15-21(10-12-36-25)31(32,33)34/h2-7,10,12,15,17-18,22-23H,8-9,11,13-14,16H2,1H3,(H2,35,37,38)(H,36,39,44). The van der Waals surface area contributed by atoms with Crippen molar-refractivity contribution in [3.8, 4) is 11.1 Å². The quantitative estimate of drug-likeness (QED) is 0.278. The Bertz CT molecular complexity index is 1730. The highest BCUT2D eigenvalue weighted by Gasteiger charge is 2.31. The van der Waals surface area contributed by atoms with E-state index in [0.717, 1.165) is 42.4 Å². The molecule has 3 N–H and O–H groups in total. The number of alkyl halides is 3. The van der Waals surface area contributed by atoms with Crippen molar-refractivity contribution in [1.82, 2.24) is 29.3 Å². The van der Waals surface area contributed by atoms with Gasteiger partial charge >= 0.3 is 6.18 Å². The molecular weight excluding hydrogens is 573 g/mol. The Labute approximate surface area is 251 Å². The summed E-state index contributed by atoms with van der Waals surface area (Å²) in [5, 5.41) is 3.07. The highest BCUT2D eigenvalue weighted by molar-refractivity contribution is 6.05. The third-order valence-electron chi connectivity index (χ3n) is 8.12. The summed E-state index contributed by atoms with van der Waals surface area (Å²) in [4.78, 5) is 42.2. The van der Waals surface area contributed by atoms with Gasteiger partial charge < -0.3 is 20.5 Å². The lowest BCUT2D eigenvalue weighted by Crippen LogP contribution is -2.28. The number of nitrogen functional groups attached to an aromatic ring is 1. The Hall–Kier alpha value is -4.78. The SMILES string of the molecule is CN(CC=CC(=O)N1CCC(n2cc(-c3ccc(C(=O)Nc4cc(C(F)(F)F)ccn4)cc3)c3c(N)ncnc32)C1)C1CC1. The minimum atomic E-state index is -4.55. The summed E-state index contributed by atoms with van der Waals surface area (Å²) < 4.78 is 41.1. The summed E-state index contributed by atoms with van der Waals surface area (Å²) in [6.07, 6.45) is 6.55. The molecule has 2 fully saturated rings. The van der Waals surface area contributed by atoms with E-state index in [1.54, 1.807) is 30.3 Å². The minimum Gasteiger partial charge on any atom is -0.383 e. The molecular formula is C31H31F3N8O2. The van der Waals surface area contributed by atoms with Gasteiger partial charge in [0.25, 0.3) is 5.91 Å². The summed E-state index contributed by atoms with van der Waals surface area (Å²) >= 11 is 0. The van der Waals surface area contributed by atoms with E-state index in [2.05, 4.69) is 32.2 Å².